The molecular weight excluding hydrogens is 112 g/mol. The van der Waals surface area contributed by atoms with Crippen molar-refractivity contribution in [3.63, 3.8) is 0 Å². The molecule has 1 heterocycles. The zero-order valence-corrected chi connectivity index (χ0v) is 6.39. The zero-order chi connectivity index (χ0) is 6.69. The second-order valence-corrected chi connectivity index (χ2v) is 2.88. The first-order chi connectivity index (χ1) is 4.34. The lowest BCUT2D eigenvalue weighted by molar-refractivity contribution is 0.365. The van der Waals surface area contributed by atoms with Crippen LogP contribution in [-0.2, 0) is 4.74 Å². The van der Waals surface area contributed by atoms with Crippen molar-refractivity contribution in [2.75, 3.05) is 0 Å². The van der Waals surface area contributed by atoms with Gasteiger partial charge in [-0.15, -0.1) is 0 Å². The molecule has 1 unspecified atom stereocenters. The number of rotatable bonds is 4. The first-order valence-electron chi connectivity index (χ1n) is 4.00. The fourth-order valence-corrected chi connectivity index (χ4v) is 1.13. The fraction of sp³-hybridized carbons (Fsp3) is 1.00. The Morgan fingerprint density at radius 2 is 2.00 bits per heavy atom. The molecule has 1 fully saturated rings. The van der Waals surface area contributed by atoms with E-state index in [1.807, 2.05) is 0 Å². The van der Waals surface area contributed by atoms with Crippen molar-refractivity contribution in [3.8, 4) is 0 Å². The topological polar surface area (TPSA) is 12.5 Å². The molecule has 9 heavy (non-hydrogen) atoms. The minimum Gasteiger partial charge on any atom is -0.370 e. The maximum absolute atomic E-state index is 5.26. The van der Waals surface area contributed by atoms with Gasteiger partial charge in [0.25, 0.3) is 0 Å². The Labute approximate surface area is 57.4 Å². The molecule has 1 saturated heterocycles. The smallest absolute Gasteiger partial charge is 0.0839 e. The summed E-state index contributed by atoms with van der Waals surface area (Å²) >= 11 is 0. The molecule has 0 aromatic carbocycles. The van der Waals surface area contributed by atoms with Gasteiger partial charge in [0.05, 0.1) is 12.2 Å². The van der Waals surface area contributed by atoms with Crippen molar-refractivity contribution in [2.24, 2.45) is 0 Å². The highest BCUT2D eigenvalue weighted by Crippen LogP contribution is 2.26. The monoisotopic (exact) mass is 128 g/mol. The molecule has 1 heteroatoms. The van der Waals surface area contributed by atoms with Gasteiger partial charge in [-0.3, -0.25) is 0 Å². The van der Waals surface area contributed by atoms with Crippen LogP contribution in [0, 0.1) is 0 Å². The molecule has 54 valence electrons. The lowest BCUT2D eigenvalue weighted by Gasteiger charge is -1.91. The fourth-order valence-electron chi connectivity index (χ4n) is 1.13. The van der Waals surface area contributed by atoms with Crippen LogP contribution >= 0.6 is 0 Å². The minimum absolute atomic E-state index is 0.571. The molecule has 1 aliphatic heterocycles. The van der Waals surface area contributed by atoms with Crippen molar-refractivity contribution in [1.29, 1.82) is 0 Å². The molecule has 0 amide bonds. The molecule has 0 aromatic rings. The van der Waals surface area contributed by atoms with Gasteiger partial charge in [0.15, 0.2) is 0 Å². The molecule has 2 atom stereocenters. The van der Waals surface area contributed by atoms with E-state index in [-0.39, 0.29) is 0 Å². The summed E-state index contributed by atoms with van der Waals surface area (Å²) < 4.78 is 5.26. The summed E-state index contributed by atoms with van der Waals surface area (Å²) in [6.07, 6.45) is 6.52. The number of ether oxygens (including phenoxy) is 1. The predicted molar refractivity (Wildman–Crippen MR) is 38.5 cm³/mol. The summed E-state index contributed by atoms with van der Waals surface area (Å²) in [5.74, 6) is 0. The van der Waals surface area contributed by atoms with Crippen LogP contribution in [0.25, 0.3) is 0 Å². The molecule has 0 N–H and O–H groups in total. The summed E-state index contributed by atoms with van der Waals surface area (Å²) in [7, 11) is 0. The molecular formula is C8H16O. The molecule has 0 radical (unpaired) electrons. The van der Waals surface area contributed by atoms with Gasteiger partial charge in [-0.2, -0.15) is 0 Å². The van der Waals surface area contributed by atoms with E-state index < -0.39 is 0 Å². The van der Waals surface area contributed by atoms with E-state index in [0.29, 0.717) is 12.2 Å². The summed E-state index contributed by atoms with van der Waals surface area (Å²) in [6.45, 7) is 4.38. The Morgan fingerprint density at radius 1 is 1.33 bits per heavy atom. The maximum atomic E-state index is 5.26. The van der Waals surface area contributed by atoms with Gasteiger partial charge >= 0.3 is 0 Å². The average Bonchev–Trinajstić information content (AvgIpc) is 2.48. The third-order valence-electron chi connectivity index (χ3n) is 1.93. The van der Waals surface area contributed by atoms with Gasteiger partial charge in [0.2, 0.25) is 0 Å². The van der Waals surface area contributed by atoms with Crippen molar-refractivity contribution in [1.82, 2.24) is 0 Å². The van der Waals surface area contributed by atoms with Crippen LogP contribution in [0.1, 0.15) is 39.5 Å². The largest absolute Gasteiger partial charge is 0.370 e. The van der Waals surface area contributed by atoms with Crippen molar-refractivity contribution < 1.29 is 4.74 Å². The van der Waals surface area contributed by atoms with Gasteiger partial charge in [0.1, 0.15) is 0 Å². The standard InChI is InChI=1S/C8H16O/c1-3-4-5-6-8-7(2)9-8/h7-8H,3-6H2,1-2H3/t7?,8-/m0/s1. The maximum Gasteiger partial charge on any atom is 0.0839 e. The quantitative estimate of drug-likeness (QED) is 0.418. The number of hydrogen-bond donors (Lipinski definition) is 0. The zero-order valence-electron chi connectivity index (χ0n) is 6.39. The summed E-state index contributed by atoms with van der Waals surface area (Å²) in [5, 5.41) is 0. The van der Waals surface area contributed by atoms with E-state index >= 15 is 0 Å². The molecule has 1 aliphatic rings. The van der Waals surface area contributed by atoms with Crippen LogP contribution in [-0.4, -0.2) is 12.2 Å². The minimum atomic E-state index is 0.571. The highest BCUT2D eigenvalue weighted by Gasteiger charge is 2.32. The number of hydrogen-bond acceptors (Lipinski definition) is 1. The number of epoxide rings is 1. The molecule has 1 rings (SSSR count). The SMILES string of the molecule is CCCCC[C@@H]1OC1C. The molecule has 0 aromatic heterocycles. The second kappa shape index (κ2) is 3.21. The Morgan fingerprint density at radius 3 is 2.44 bits per heavy atom. The van der Waals surface area contributed by atoms with E-state index in [1.165, 1.54) is 25.7 Å². The van der Waals surface area contributed by atoms with Crippen LogP contribution in [0.3, 0.4) is 0 Å². The Bertz CT molecular complexity index is 80.6. The van der Waals surface area contributed by atoms with Gasteiger partial charge in [-0.25, -0.2) is 0 Å². The van der Waals surface area contributed by atoms with E-state index in [1.54, 1.807) is 0 Å². The average molecular weight is 128 g/mol. The normalized spacial score (nSPS) is 32.7. The summed E-state index contributed by atoms with van der Waals surface area (Å²) in [5.41, 5.74) is 0. The number of unbranched alkanes of at least 4 members (excludes halogenated alkanes) is 2. The predicted octanol–water partition coefficient (Wildman–Crippen LogP) is 2.35. The Kier molecular flexibility index (Phi) is 2.52. The molecule has 1 nitrogen and oxygen atoms in total. The van der Waals surface area contributed by atoms with Crippen molar-refractivity contribution in [2.45, 2.75) is 51.7 Å². The van der Waals surface area contributed by atoms with Crippen molar-refractivity contribution in [3.05, 3.63) is 0 Å². The van der Waals surface area contributed by atoms with Gasteiger partial charge in [0, 0.05) is 0 Å². The van der Waals surface area contributed by atoms with Gasteiger partial charge in [-0.05, 0) is 13.3 Å². The molecule has 0 saturated carbocycles. The Balaban J connectivity index is 1.83. The van der Waals surface area contributed by atoms with E-state index in [4.69, 9.17) is 4.74 Å². The van der Waals surface area contributed by atoms with Crippen LogP contribution < -0.4 is 0 Å². The molecule has 0 spiro atoms. The van der Waals surface area contributed by atoms with E-state index in [2.05, 4.69) is 13.8 Å². The third-order valence-corrected chi connectivity index (χ3v) is 1.93. The van der Waals surface area contributed by atoms with Crippen molar-refractivity contribution >= 4 is 0 Å². The first kappa shape index (κ1) is 7.07. The van der Waals surface area contributed by atoms with Crippen LogP contribution in [0.15, 0.2) is 0 Å². The lowest BCUT2D eigenvalue weighted by Crippen LogP contribution is -1.88. The highest BCUT2D eigenvalue weighted by atomic mass is 16.6. The highest BCUT2D eigenvalue weighted by molar-refractivity contribution is 4.79. The Hall–Kier alpha value is -0.0400. The lowest BCUT2D eigenvalue weighted by atomic mass is 10.1. The van der Waals surface area contributed by atoms with E-state index in [9.17, 15) is 0 Å². The third kappa shape index (κ3) is 2.35. The van der Waals surface area contributed by atoms with Gasteiger partial charge < -0.3 is 4.74 Å². The second-order valence-electron chi connectivity index (χ2n) is 2.88. The molecule has 0 bridgehead atoms. The van der Waals surface area contributed by atoms with E-state index in [0.717, 1.165) is 0 Å². The van der Waals surface area contributed by atoms with Crippen LogP contribution in [0.5, 0.6) is 0 Å². The summed E-state index contributed by atoms with van der Waals surface area (Å²) in [4.78, 5) is 0. The first-order valence-corrected chi connectivity index (χ1v) is 4.00. The van der Waals surface area contributed by atoms with Crippen LogP contribution in [0.2, 0.25) is 0 Å². The molecule has 0 aliphatic carbocycles. The van der Waals surface area contributed by atoms with Gasteiger partial charge in [-0.1, -0.05) is 26.2 Å². The van der Waals surface area contributed by atoms with Crippen LogP contribution in [0.4, 0.5) is 0 Å². The summed E-state index contributed by atoms with van der Waals surface area (Å²) in [6, 6.07) is 0.